The topological polar surface area (TPSA) is 35.0 Å². The Bertz CT molecular complexity index is 264. The number of rotatable bonds is 10. The Hall–Kier alpha value is -1.12. The highest BCUT2D eigenvalue weighted by molar-refractivity contribution is 5.09. The van der Waals surface area contributed by atoms with Crippen LogP contribution in [0.3, 0.4) is 0 Å². The van der Waals surface area contributed by atoms with Crippen molar-refractivity contribution in [1.82, 2.24) is 9.97 Å². The molecule has 0 fully saturated rings. The minimum absolute atomic E-state index is 0.774. The largest absolute Gasteiger partial charge is 0.490 e. The van der Waals surface area contributed by atoms with Gasteiger partial charge in [-0.25, -0.2) is 9.97 Å². The zero-order valence-electron chi connectivity index (χ0n) is 10.9. The second-order valence-corrected chi connectivity index (χ2v) is 4.40. The van der Waals surface area contributed by atoms with E-state index in [1.165, 1.54) is 51.3 Å². The van der Waals surface area contributed by atoms with Crippen LogP contribution in [0.2, 0.25) is 0 Å². The van der Waals surface area contributed by atoms with Crippen LogP contribution in [-0.4, -0.2) is 16.6 Å². The molecule has 1 heterocycles. The van der Waals surface area contributed by atoms with E-state index in [1.54, 1.807) is 12.4 Å². The van der Waals surface area contributed by atoms with Crippen molar-refractivity contribution in [2.75, 3.05) is 6.61 Å². The van der Waals surface area contributed by atoms with E-state index in [9.17, 15) is 0 Å². The number of aromatic nitrogens is 2. The maximum Gasteiger partial charge on any atom is 0.155 e. The van der Waals surface area contributed by atoms with E-state index in [0.717, 1.165) is 18.8 Å². The van der Waals surface area contributed by atoms with Gasteiger partial charge in [-0.05, 0) is 6.42 Å². The van der Waals surface area contributed by atoms with Gasteiger partial charge in [0.15, 0.2) is 5.75 Å². The van der Waals surface area contributed by atoms with Crippen LogP contribution in [0, 0.1) is 0 Å². The Balaban J connectivity index is 1.85. The molecule has 3 nitrogen and oxygen atoms in total. The third kappa shape index (κ3) is 7.72. The Labute approximate surface area is 105 Å². The van der Waals surface area contributed by atoms with E-state index >= 15 is 0 Å². The maximum atomic E-state index is 5.53. The number of hydrogen-bond acceptors (Lipinski definition) is 3. The van der Waals surface area contributed by atoms with Crippen LogP contribution in [0.1, 0.15) is 58.3 Å². The lowest BCUT2D eigenvalue weighted by molar-refractivity contribution is 0.302. The SMILES string of the molecule is CCCCCCCCCCOc1cncnc1. The molecule has 0 aliphatic rings. The molecule has 0 bridgehead atoms. The summed E-state index contributed by atoms with van der Waals surface area (Å²) in [7, 11) is 0. The van der Waals surface area contributed by atoms with Crippen LogP contribution in [0.5, 0.6) is 5.75 Å². The third-order valence-electron chi connectivity index (χ3n) is 2.80. The molecule has 0 saturated carbocycles. The highest BCUT2D eigenvalue weighted by Gasteiger charge is 1.94. The predicted octanol–water partition coefficient (Wildman–Crippen LogP) is 4.00. The standard InChI is InChI=1S/C14H24N2O/c1-2-3-4-5-6-7-8-9-10-17-14-11-15-13-16-12-14/h11-13H,2-10H2,1H3. The van der Waals surface area contributed by atoms with Crippen molar-refractivity contribution in [2.45, 2.75) is 58.3 Å². The molecule has 17 heavy (non-hydrogen) atoms. The lowest BCUT2D eigenvalue weighted by Crippen LogP contribution is -1.97. The molecule has 96 valence electrons. The fourth-order valence-electron chi connectivity index (χ4n) is 1.79. The van der Waals surface area contributed by atoms with E-state index in [1.807, 2.05) is 0 Å². The maximum absolute atomic E-state index is 5.53. The van der Waals surface area contributed by atoms with Crippen molar-refractivity contribution in [2.24, 2.45) is 0 Å². The second-order valence-electron chi connectivity index (χ2n) is 4.40. The lowest BCUT2D eigenvalue weighted by Gasteiger charge is -2.04. The monoisotopic (exact) mass is 236 g/mol. The lowest BCUT2D eigenvalue weighted by atomic mass is 10.1. The van der Waals surface area contributed by atoms with Crippen LogP contribution in [0.4, 0.5) is 0 Å². The molecular weight excluding hydrogens is 212 g/mol. The Morgan fingerprint density at radius 3 is 2.12 bits per heavy atom. The molecule has 0 N–H and O–H groups in total. The Morgan fingerprint density at radius 1 is 0.882 bits per heavy atom. The van der Waals surface area contributed by atoms with E-state index in [2.05, 4.69) is 16.9 Å². The molecular formula is C14H24N2O. The van der Waals surface area contributed by atoms with Gasteiger partial charge in [-0.1, -0.05) is 51.9 Å². The first-order chi connectivity index (χ1) is 8.43. The van der Waals surface area contributed by atoms with E-state index in [0.29, 0.717) is 0 Å². The molecule has 0 amide bonds. The van der Waals surface area contributed by atoms with Gasteiger partial charge in [-0.3, -0.25) is 0 Å². The first-order valence-electron chi connectivity index (χ1n) is 6.81. The van der Waals surface area contributed by atoms with Gasteiger partial charge in [0.25, 0.3) is 0 Å². The van der Waals surface area contributed by atoms with Crippen LogP contribution in [0.25, 0.3) is 0 Å². The summed E-state index contributed by atoms with van der Waals surface area (Å²) in [4.78, 5) is 7.81. The molecule has 0 spiro atoms. The summed E-state index contributed by atoms with van der Waals surface area (Å²) in [5, 5.41) is 0. The van der Waals surface area contributed by atoms with E-state index in [4.69, 9.17) is 4.74 Å². The summed E-state index contributed by atoms with van der Waals surface area (Å²) < 4.78 is 5.53. The minimum Gasteiger partial charge on any atom is -0.490 e. The highest BCUT2D eigenvalue weighted by Crippen LogP contribution is 2.09. The first-order valence-corrected chi connectivity index (χ1v) is 6.81. The normalized spacial score (nSPS) is 10.4. The van der Waals surface area contributed by atoms with Crippen molar-refractivity contribution >= 4 is 0 Å². The van der Waals surface area contributed by atoms with Gasteiger partial charge in [0.1, 0.15) is 6.33 Å². The first kappa shape index (κ1) is 13.9. The zero-order chi connectivity index (χ0) is 12.2. The fraction of sp³-hybridized carbons (Fsp3) is 0.714. The number of ether oxygens (including phenoxy) is 1. The average molecular weight is 236 g/mol. The van der Waals surface area contributed by atoms with Crippen molar-refractivity contribution < 1.29 is 4.74 Å². The van der Waals surface area contributed by atoms with E-state index < -0.39 is 0 Å². The van der Waals surface area contributed by atoms with Crippen molar-refractivity contribution in [3.8, 4) is 5.75 Å². The van der Waals surface area contributed by atoms with Gasteiger partial charge in [0, 0.05) is 0 Å². The Morgan fingerprint density at radius 2 is 1.47 bits per heavy atom. The molecule has 0 aliphatic heterocycles. The quantitative estimate of drug-likeness (QED) is 0.576. The van der Waals surface area contributed by atoms with Crippen molar-refractivity contribution in [1.29, 1.82) is 0 Å². The predicted molar refractivity (Wildman–Crippen MR) is 70.1 cm³/mol. The molecule has 0 radical (unpaired) electrons. The van der Waals surface area contributed by atoms with Crippen LogP contribution in [-0.2, 0) is 0 Å². The van der Waals surface area contributed by atoms with Gasteiger partial charge >= 0.3 is 0 Å². The summed E-state index contributed by atoms with van der Waals surface area (Å²) in [5.74, 6) is 0.774. The van der Waals surface area contributed by atoms with E-state index in [-0.39, 0.29) is 0 Å². The molecule has 1 aromatic rings. The van der Waals surface area contributed by atoms with Crippen LogP contribution < -0.4 is 4.74 Å². The minimum atomic E-state index is 0.774. The molecule has 0 saturated heterocycles. The van der Waals surface area contributed by atoms with Gasteiger partial charge < -0.3 is 4.74 Å². The third-order valence-corrected chi connectivity index (χ3v) is 2.80. The molecule has 0 aliphatic carbocycles. The van der Waals surface area contributed by atoms with Crippen molar-refractivity contribution in [3.63, 3.8) is 0 Å². The van der Waals surface area contributed by atoms with Crippen LogP contribution >= 0.6 is 0 Å². The molecule has 0 atom stereocenters. The summed E-state index contributed by atoms with van der Waals surface area (Å²) in [6, 6.07) is 0. The summed E-state index contributed by atoms with van der Waals surface area (Å²) in [6.45, 7) is 3.03. The summed E-state index contributed by atoms with van der Waals surface area (Å²) >= 11 is 0. The number of unbranched alkanes of at least 4 members (excludes halogenated alkanes) is 7. The van der Waals surface area contributed by atoms with Gasteiger partial charge in [-0.15, -0.1) is 0 Å². The molecule has 0 aromatic carbocycles. The van der Waals surface area contributed by atoms with Gasteiger partial charge in [0.2, 0.25) is 0 Å². The smallest absolute Gasteiger partial charge is 0.155 e. The summed E-state index contributed by atoms with van der Waals surface area (Å²) in [5.41, 5.74) is 0. The molecule has 1 rings (SSSR count). The zero-order valence-corrected chi connectivity index (χ0v) is 10.9. The highest BCUT2D eigenvalue weighted by atomic mass is 16.5. The molecule has 0 unspecified atom stereocenters. The summed E-state index contributed by atoms with van der Waals surface area (Å²) in [6.07, 6.45) is 15.5. The molecule has 3 heteroatoms. The second kappa shape index (κ2) is 10.1. The number of hydrogen-bond donors (Lipinski definition) is 0. The van der Waals surface area contributed by atoms with Gasteiger partial charge in [-0.2, -0.15) is 0 Å². The molecule has 1 aromatic heterocycles. The number of nitrogens with zero attached hydrogens (tertiary/aromatic N) is 2. The fourth-order valence-corrected chi connectivity index (χ4v) is 1.79. The average Bonchev–Trinajstić information content (AvgIpc) is 2.38. The van der Waals surface area contributed by atoms with Crippen LogP contribution in [0.15, 0.2) is 18.7 Å². The van der Waals surface area contributed by atoms with Gasteiger partial charge in [0.05, 0.1) is 19.0 Å². The Kier molecular flexibility index (Phi) is 8.25. The van der Waals surface area contributed by atoms with Crippen molar-refractivity contribution in [3.05, 3.63) is 18.7 Å².